The van der Waals surface area contributed by atoms with Crippen LogP contribution < -0.4 is 9.64 Å². The first-order valence-electron chi connectivity index (χ1n) is 10.7. The molecule has 0 aliphatic carbocycles. The summed E-state index contributed by atoms with van der Waals surface area (Å²) in [4.78, 5) is 21.0. The van der Waals surface area contributed by atoms with Gasteiger partial charge < -0.3 is 19.3 Å². The molecule has 0 N–H and O–H groups in total. The van der Waals surface area contributed by atoms with Gasteiger partial charge in [0.25, 0.3) is 5.19 Å². The van der Waals surface area contributed by atoms with Crippen molar-refractivity contribution in [2.45, 2.75) is 56.6 Å². The van der Waals surface area contributed by atoms with Gasteiger partial charge in [0.05, 0.1) is 4.90 Å². The highest BCUT2D eigenvalue weighted by Gasteiger charge is 2.29. The Labute approximate surface area is 193 Å². The molecule has 0 saturated carbocycles. The summed E-state index contributed by atoms with van der Waals surface area (Å²) >= 11 is 1.45. The lowest BCUT2D eigenvalue weighted by atomic mass is 10.1. The number of anilines is 2. The second-order valence-corrected chi connectivity index (χ2v) is 12.1. The Balaban J connectivity index is 1.36. The van der Waals surface area contributed by atoms with Gasteiger partial charge in [-0.3, -0.25) is 0 Å². The number of amides is 1. The third kappa shape index (κ3) is 5.17. The maximum absolute atomic E-state index is 12.2. The van der Waals surface area contributed by atoms with Gasteiger partial charge in [0.2, 0.25) is 0 Å². The number of ether oxygens (including phenoxy) is 2. The van der Waals surface area contributed by atoms with Crippen LogP contribution in [0, 0.1) is 0 Å². The lowest BCUT2D eigenvalue weighted by Crippen LogP contribution is -2.44. The number of hydrogen-bond donors (Lipinski definition) is 0. The van der Waals surface area contributed by atoms with Crippen LogP contribution in [0.4, 0.5) is 16.3 Å². The van der Waals surface area contributed by atoms with Crippen LogP contribution in [0.2, 0.25) is 0 Å². The minimum Gasteiger partial charge on any atom is -0.467 e. The summed E-state index contributed by atoms with van der Waals surface area (Å²) in [6, 6.07) is 5.26. The van der Waals surface area contributed by atoms with Gasteiger partial charge in [0, 0.05) is 49.8 Å². The lowest BCUT2D eigenvalue weighted by Gasteiger charge is -2.33. The first-order valence-corrected chi connectivity index (χ1v) is 13.5. The van der Waals surface area contributed by atoms with Crippen molar-refractivity contribution in [2.75, 3.05) is 30.8 Å². The largest absolute Gasteiger partial charge is 0.467 e. The standard InChI is InChI=1S/C22H29N3O5S2/c1-22(2,3)30-21(26)24-10-8-16(9-11-24)29-20-23-19(14-31-20)25-12-7-15-13-17(32(4,27)28)5-6-18(15)25/h5-6,13-14,16H,7-12H2,1-4H3. The first-order chi connectivity index (χ1) is 15.0. The molecule has 8 nitrogen and oxygen atoms in total. The number of hydrogen-bond acceptors (Lipinski definition) is 8. The number of piperidine rings is 1. The van der Waals surface area contributed by atoms with E-state index in [2.05, 4.69) is 9.88 Å². The molecule has 0 bridgehead atoms. The Kier molecular flexibility index (Phi) is 6.10. The van der Waals surface area contributed by atoms with Gasteiger partial charge in [-0.05, 0) is 51.0 Å². The van der Waals surface area contributed by atoms with E-state index in [0.717, 1.165) is 42.9 Å². The molecule has 1 saturated heterocycles. The molecule has 2 aliphatic heterocycles. The number of fused-ring (bicyclic) bond motifs is 1. The Hall–Kier alpha value is -2.33. The monoisotopic (exact) mass is 479 g/mol. The quantitative estimate of drug-likeness (QED) is 0.654. The predicted molar refractivity (Wildman–Crippen MR) is 124 cm³/mol. The van der Waals surface area contributed by atoms with Crippen LogP contribution in [0.5, 0.6) is 5.19 Å². The number of thiazole rings is 1. The Morgan fingerprint density at radius 2 is 1.91 bits per heavy atom. The Morgan fingerprint density at radius 3 is 2.56 bits per heavy atom. The summed E-state index contributed by atoms with van der Waals surface area (Å²) in [5, 5.41) is 2.57. The second-order valence-electron chi connectivity index (χ2n) is 9.22. The fourth-order valence-electron chi connectivity index (χ4n) is 3.90. The molecule has 2 aliphatic rings. The molecule has 3 heterocycles. The lowest BCUT2D eigenvalue weighted by molar-refractivity contribution is 0.0126. The van der Waals surface area contributed by atoms with Crippen molar-refractivity contribution in [3.8, 4) is 5.19 Å². The maximum atomic E-state index is 12.2. The van der Waals surface area contributed by atoms with E-state index in [0.29, 0.717) is 23.2 Å². The summed E-state index contributed by atoms with van der Waals surface area (Å²) in [6.45, 7) is 7.54. The van der Waals surface area contributed by atoms with E-state index in [-0.39, 0.29) is 12.2 Å². The van der Waals surface area contributed by atoms with Crippen molar-refractivity contribution in [3.05, 3.63) is 29.1 Å². The molecule has 4 rings (SSSR count). The average molecular weight is 480 g/mol. The third-order valence-electron chi connectivity index (χ3n) is 5.48. The van der Waals surface area contributed by atoms with E-state index in [1.165, 1.54) is 17.6 Å². The number of benzene rings is 1. The highest BCUT2D eigenvalue weighted by Crippen LogP contribution is 2.38. The molecule has 0 radical (unpaired) electrons. The summed E-state index contributed by atoms with van der Waals surface area (Å²) in [6.07, 6.45) is 3.19. The van der Waals surface area contributed by atoms with Crippen LogP contribution in [0.25, 0.3) is 0 Å². The molecule has 1 aromatic heterocycles. The Bertz CT molecular complexity index is 1100. The molecule has 10 heteroatoms. The fraction of sp³-hybridized carbons (Fsp3) is 0.545. The number of nitrogens with zero attached hydrogens (tertiary/aromatic N) is 3. The van der Waals surface area contributed by atoms with E-state index in [1.54, 1.807) is 17.0 Å². The molecule has 2 aromatic rings. The second kappa shape index (κ2) is 8.55. The van der Waals surface area contributed by atoms with Crippen LogP contribution in [0.3, 0.4) is 0 Å². The minimum absolute atomic E-state index is 0.0101. The Morgan fingerprint density at radius 1 is 1.19 bits per heavy atom. The van der Waals surface area contributed by atoms with Crippen molar-refractivity contribution in [1.29, 1.82) is 0 Å². The average Bonchev–Trinajstić information content (AvgIpc) is 3.32. The van der Waals surface area contributed by atoms with E-state index in [1.807, 2.05) is 32.2 Å². The smallest absolute Gasteiger partial charge is 0.410 e. The molecule has 174 valence electrons. The maximum Gasteiger partial charge on any atom is 0.410 e. The van der Waals surface area contributed by atoms with Crippen LogP contribution >= 0.6 is 11.3 Å². The van der Waals surface area contributed by atoms with E-state index in [9.17, 15) is 13.2 Å². The summed E-state index contributed by atoms with van der Waals surface area (Å²) in [5.41, 5.74) is 1.50. The zero-order valence-corrected chi connectivity index (χ0v) is 20.5. The summed E-state index contributed by atoms with van der Waals surface area (Å²) < 4.78 is 35.2. The summed E-state index contributed by atoms with van der Waals surface area (Å²) in [5.74, 6) is 0.807. The summed E-state index contributed by atoms with van der Waals surface area (Å²) in [7, 11) is -3.22. The van der Waals surface area contributed by atoms with Crippen LogP contribution in [-0.2, 0) is 21.0 Å². The van der Waals surface area contributed by atoms with Gasteiger partial charge in [-0.2, -0.15) is 4.98 Å². The van der Waals surface area contributed by atoms with E-state index >= 15 is 0 Å². The molecule has 1 amide bonds. The molecule has 0 spiro atoms. The highest BCUT2D eigenvalue weighted by atomic mass is 32.2. The molecule has 1 fully saturated rings. The van der Waals surface area contributed by atoms with Gasteiger partial charge in [-0.25, -0.2) is 13.2 Å². The minimum atomic E-state index is -3.22. The predicted octanol–water partition coefficient (Wildman–Crippen LogP) is 4.02. The number of carbonyl (C=O) groups is 1. The highest BCUT2D eigenvalue weighted by molar-refractivity contribution is 7.90. The molecule has 32 heavy (non-hydrogen) atoms. The zero-order chi connectivity index (χ0) is 23.1. The van der Waals surface area contributed by atoms with Crippen molar-refractivity contribution < 1.29 is 22.7 Å². The number of sulfone groups is 1. The van der Waals surface area contributed by atoms with Crippen LogP contribution in [0.1, 0.15) is 39.2 Å². The van der Waals surface area contributed by atoms with Crippen molar-refractivity contribution >= 4 is 38.8 Å². The van der Waals surface area contributed by atoms with Gasteiger partial charge in [-0.15, -0.1) is 0 Å². The zero-order valence-electron chi connectivity index (χ0n) is 18.8. The molecular formula is C22H29N3O5S2. The molecule has 1 aromatic carbocycles. The van der Waals surface area contributed by atoms with Crippen LogP contribution in [-0.4, -0.2) is 62.0 Å². The van der Waals surface area contributed by atoms with E-state index in [4.69, 9.17) is 9.47 Å². The first kappa shape index (κ1) is 22.8. The third-order valence-corrected chi connectivity index (χ3v) is 7.31. The molecule has 0 unspecified atom stereocenters. The van der Waals surface area contributed by atoms with Gasteiger partial charge in [-0.1, -0.05) is 11.3 Å². The normalized spacial score (nSPS) is 17.4. The molecular weight excluding hydrogens is 450 g/mol. The number of carbonyl (C=O) groups excluding carboxylic acids is 1. The van der Waals surface area contributed by atoms with Crippen LogP contribution in [0.15, 0.2) is 28.5 Å². The van der Waals surface area contributed by atoms with Gasteiger partial charge in [0.15, 0.2) is 9.84 Å². The number of rotatable bonds is 4. The SMILES string of the molecule is CC(C)(C)OC(=O)N1CCC(Oc2nc(N3CCc4cc(S(C)(=O)=O)ccc43)cs2)CC1. The van der Waals surface area contributed by atoms with E-state index < -0.39 is 15.4 Å². The number of aromatic nitrogens is 1. The van der Waals surface area contributed by atoms with Gasteiger partial charge >= 0.3 is 6.09 Å². The van der Waals surface area contributed by atoms with Crippen molar-refractivity contribution in [3.63, 3.8) is 0 Å². The van der Waals surface area contributed by atoms with Gasteiger partial charge in [0.1, 0.15) is 17.5 Å². The topological polar surface area (TPSA) is 89.0 Å². The fourth-order valence-corrected chi connectivity index (χ4v) is 5.30. The number of likely N-dealkylation sites (tertiary alicyclic amines) is 1. The van der Waals surface area contributed by atoms with Crippen molar-refractivity contribution in [2.24, 2.45) is 0 Å². The van der Waals surface area contributed by atoms with Crippen molar-refractivity contribution in [1.82, 2.24) is 9.88 Å². The molecule has 0 atom stereocenters.